The van der Waals surface area contributed by atoms with Crippen molar-refractivity contribution in [1.29, 1.82) is 0 Å². The summed E-state index contributed by atoms with van der Waals surface area (Å²) in [7, 11) is 0. The molecule has 1 fully saturated rings. The van der Waals surface area contributed by atoms with Crippen LogP contribution in [-0.2, 0) is 4.79 Å². The monoisotopic (exact) mass is 302 g/mol. The average molecular weight is 302 g/mol. The van der Waals surface area contributed by atoms with Gasteiger partial charge in [-0.15, -0.1) is 0 Å². The molecule has 3 heteroatoms. The summed E-state index contributed by atoms with van der Waals surface area (Å²) in [4.78, 5) is 16.6. The lowest BCUT2D eigenvalue weighted by molar-refractivity contribution is -0.117. The van der Waals surface area contributed by atoms with E-state index in [0.29, 0.717) is 5.92 Å². The Kier molecular flexibility index (Phi) is 3.34. The molecule has 1 amide bonds. The Morgan fingerprint density at radius 3 is 2.91 bits per heavy atom. The first-order chi connectivity index (χ1) is 11.2. The minimum Gasteiger partial charge on any atom is -0.326 e. The van der Waals surface area contributed by atoms with Crippen LogP contribution in [0.15, 0.2) is 60.9 Å². The van der Waals surface area contributed by atoms with E-state index in [1.165, 1.54) is 11.1 Å². The summed E-state index contributed by atoms with van der Waals surface area (Å²) < 4.78 is 0. The topological polar surface area (TPSA) is 42.0 Å². The molecule has 0 bridgehead atoms. The molecular weight excluding hydrogens is 284 g/mol. The molecule has 1 aliphatic rings. The molecule has 2 atom stereocenters. The fraction of sp³-hybridized carbons (Fsp3) is 0.200. The number of carbonyl (C=O) groups excluding carboxylic acids is 1. The number of rotatable bonds is 3. The van der Waals surface area contributed by atoms with Crippen LogP contribution < -0.4 is 5.32 Å². The number of anilines is 1. The number of hydrogen-bond acceptors (Lipinski definition) is 2. The van der Waals surface area contributed by atoms with Gasteiger partial charge in [-0.3, -0.25) is 9.78 Å². The Balaban J connectivity index is 1.48. The van der Waals surface area contributed by atoms with Crippen molar-refractivity contribution in [2.24, 2.45) is 5.92 Å². The number of fused-ring (bicyclic) bond motifs is 1. The van der Waals surface area contributed by atoms with Gasteiger partial charge in [0.15, 0.2) is 0 Å². The molecule has 4 rings (SSSR count). The molecule has 3 aromatic rings. The van der Waals surface area contributed by atoms with Crippen LogP contribution in [0.5, 0.6) is 0 Å². The van der Waals surface area contributed by atoms with Crippen molar-refractivity contribution < 1.29 is 4.79 Å². The molecular formula is C20H18N2O. The number of hydrogen-bond donors (Lipinski definition) is 1. The lowest BCUT2D eigenvalue weighted by Crippen LogP contribution is -2.14. The van der Waals surface area contributed by atoms with E-state index in [-0.39, 0.29) is 11.8 Å². The second-order valence-corrected chi connectivity index (χ2v) is 6.29. The van der Waals surface area contributed by atoms with Crippen LogP contribution in [0.1, 0.15) is 23.5 Å². The summed E-state index contributed by atoms with van der Waals surface area (Å²) >= 11 is 0. The van der Waals surface area contributed by atoms with E-state index in [9.17, 15) is 4.79 Å². The van der Waals surface area contributed by atoms with Crippen molar-refractivity contribution >= 4 is 22.4 Å². The van der Waals surface area contributed by atoms with Gasteiger partial charge in [0.25, 0.3) is 0 Å². The number of amides is 1. The number of nitrogens with zero attached hydrogens (tertiary/aromatic N) is 1. The van der Waals surface area contributed by atoms with E-state index in [2.05, 4.69) is 41.5 Å². The molecule has 1 N–H and O–H groups in total. The molecule has 114 valence electrons. The van der Waals surface area contributed by atoms with Crippen LogP contribution in [0.3, 0.4) is 0 Å². The molecule has 1 saturated carbocycles. The van der Waals surface area contributed by atoms with Gasteiger partial charge in [0.1, 0.15) is 0 Å². The molecule has 1 unspecified atom stereocenters. The molecule has 0 saturated heterocycles. The first-order valence-electron chi connectivity index (χ1n) is 7.92. The van der Waals surface area contributed by atoms with Crippen LogP contribution in [0.25, 0.3) is 10.8 Å². The Morgan fingerprint density at radius 2 is 2.04 bits per heavy atom. The minimum absolute atomic E-state index is 0.0879. The maximum Gasteiger partial charge on any atom is 0.228 e. The third-order valence-electron chi connectivity index (χ3n) is 4.51. The van der Waals surface area contributed by atoms with E-state index in [1.807, 2.05) is 30.5 Å². The summed E-state index contributed by atoms with van der Waals surface area (Å²) in [6.07, 6.45) is 4.53. The SMILES string of the molecule is Cc1cccc(C2C[C@H]2C(=O)Nc2ccc3cnccc3c2)c1. The normalized spacial score (nSPS) is 19.5. The van der Waals surface area contributed by atoms with E-state index in [0.717, 1.165) is 22.9 Å². The van der Waals surface area contributed by atoms with Crippen LogP contribution >= 0.6 is 0 Å². The number of aryl methyl sites for hydroxylation is 1. The highest BCUT2D eigenvalue weighted by atomic mass is 16.2. The molecule has 1 aliphatic carbocycles. The summed E-state index contributed by atoms with van der Waals surface area (Å²) in [6, 6.07) is 16.3. The second kappa shape index (κ2) is 5.51. The standard InChI is InChI=1S/C20H18N2O/c1-13-3-2-4-15(9-13)18-11-19(18)20(23)22-17-6-5-16-12-21-8-7-14(16)10-17/h2-10,12,18-19H,11H2,1H3,(H,22,23)/t18?,19-/m1/s1. The molecule has 3 nitrogen and oxygen atoms in total. The quantitative estimate of drug-likeness (QED) is 0.784. The molecule has 0 aliphatic heterocycles. The first kappa shape index (κ1) is 13.9. The van der Waals surface area contributed by atoms with Crippen LogP contribution in [0.2, 0.25) is 0 Å². The summed E-state index contributed by atoms with van der Waals surface area (Å²) in [5, 5.41) is 5.22. The van der Waals surface area contributed by atoms with Crippen molar-refractivity contribution in [1.82, 2.24) is 4.98 Å². The van der Waals surface area contributed by atoms with E-state index in [1.54, 1.807) is 6.20 Å². The van der Waals surface area contributed by atoms with Crippen molar-refractivity contribution in [2.45, 2.75) is 19.3 Å². The highest BCUT2D eigenvalue weighted by molar-refractivity contribution is 5.97. The zero-order valence-corrected chi connectivity index (χ0v) is 13.0. The third-order valence-corrected chi connectivity index (χ3v) is 4.51. The first-order valence-corrected chi connectivity index (χ1v) is 7.92. The van der Waals surface area contributed by atoms with Crippen LogP contribution in [0.4, 0.5) is 5.69 Å². The molecule has 1 heterocycles. The highest BCUT2D eigenvalue weighted by Crippen LogP contribution is 2.48. The zero-order chi connectivity index (χ0) is 15.8. The van der Waals surface area contributed by atoms with Gasteiger partial charge in [-0.05, 0) is 48.4 Å². The Morgan fingerprint density at radius 1 is 1.13 bits per heavy atom. The maximum absolute atomic E-state index is 12.5. The third kappa shape index (κ3) is 2.82. The van der Waals surface area contributed by atoms with Gasteiger partial charge >= 0.3 is 0 Å². The van der Waals surface area contributed by atoms with Gasteiger partial charge in [0, 0.05) is 29.4 Å². The van der Waals surface area contributed by atoms with Gasteiger partial charge in [0.05, 0.1) is 0 Å². The zero-order valence-electron chi connectivity index (χ0n) is 13.0. The van der Waals surface area contributed by atoms with Crippen molar-refractivity contribution in [3.8, 4) is 0 Å². The van der Waals surface area contributed by atoms with Crippen LogP contribution in [0, 0.1) is 12.8 Å². The fourth-order valence-corrected chi connectivity index (χ4v) is 3.15. The molecule has 2 aromatic carbocycles. The van der Waals surface area contributed by atoms with Gasteiger partial charge in [0.2, 0.25) is 5.91 Å². The number of aromatic nitrogens is 1. The maximum atomic E-state index is 12.5. The summed E-state index contributed by atoms with van der Waals surface area (Å²) in [6.45, 7) is 2.09. The second-order valence-electron chi connectivity index (χ2n) is 6.29. The molecule has 0 spiro atoms. The largest absolute Gasteiger partial charge is 0.326 e. The molecule has 0 radical (unpaired) electrons. The Bertz CT molecular complexity index is 887. The van der Waals surface area contributed by atoms with E-state index in [4.69, 9.17) is 0 Å². The van der Waals surface area contributed by atoms with Crippen molar-refractivity contribution in [3.05, 3.63) is 72.1 Å². The molecule has 1 aromatic heterocycles. The van der Waals surface area contributed by atoms with E-state index < -0.39 is 0 Å². The lowest BCUT2D eigenvalue weighted by atomic mass is 10.1. The van der Waals surface area contributed by atoms with Crippen LogP contribution in [-0.4, -0.2) is 10.9 Å². The van der Waals surface area contributed by atoms with Gasteiger partial charge in [-0.2, -0.15) is 0 Å². The predicted octanol–water partition coefficient (Wildman–Crippen LogP) is 4.29. The molecule has 23 heavy (non-hydrogen) atoms. The van der Waals surface area contributed by atoms with Crippen molar-refractivity contribution in [2.75, 3.05) is 5.32 Å². The summed E-state index contributed by atoms with van der Waals surface area (Å²) in [5.41, 5.74) is 3.37. The van der Waals surface area contributed by atoms with Gasteiger partial charge in [-0.1, -0.05) is 35.9 Å². The number of benzene rings is 2. The highest BCUT2D eigenvalue weighted by Gasteiger charge is 2.43. The average Bonchev–Trinajstić information content (AvgIpc) is 3.35. The lowest BCUT2D eigenvalue weighted by Gasteiger charge is -2.07. The predicted molar refractivity (Wildman–Crippen MR) is 92.4 cm³/mol. The Labute approximate surface area is 135 Å². The number of pyridine rings is 1. The smallest absolute Gasteiger partial charge is 0.228 e. The van der Waals surface area contributed by atoms with E-state index >= 15 is 0 Å². The number of nitrogens with one attached hydrogen (secondary N) is 1. The van der Waals surface area contributed by atoms with Crippen molar-refractivity contribution in [3.63, 3.8) is 0 Å². The van der Waals surface area contributed by atoms with Gasteiger partial charge < -0.3 is 5.32 Å². The Hall–Kier alpha value is -2.68. The summed E-state index contributed by atoms with van der Waals surface area (Å²) in [5.74, 6) is 0.564. The minimum atomic E-state index is 0.0879. The number of carbonyl (C=O) groups is 1. The fourth-order valence-electron chi connectivity index (χ4n) is 3.15. The van der Waals surface area contributed by atoms with Gasteiger partial charge in [-0.25, -0.2) is 0 Å².